The summed E-state index contributed by atoms with van der Waals surface area (Å²) in [6.45, 7) is 5.63. The number of hydrogen-bond donors (Lipinski definition) is 0. The van der Waals surface area contributed by atoms with E-state index >= 15 is 0 Å². The molecule has 1 aromatic rings. The Morgan fingerprint density at radius 2 is 2.07 bits per heavy atom. The summed E-state index contributed by atoms with van der Waals surface area (Å²) in [5.74, 6) is 3.35. The van der Waals surface area contributed by atoms with Gasteiger partial charge in [0.15, 0.2) is 5.60 Å². The molecule has 0 aliphatic heterocycles. The molecular weight excluding hydrogens is 196 g/mol. The highest BCUT2D eigenvalue weighted by atomic mass is 35.5. The van der Waals surface area contributed by atoms with Crippen molar-refractivity contribution in [2.75, 3.05) is 0 Å². The molecule has 1 rings (SSSR count). The Bertz CT molecular complexity index is 374. The van der Waals surface area contributed by atoms with Gasteiger partial charge in [0.25, 0.3) is 0 Å². The molecular formula is C12H13ClO. The first kappa shape index (κ1) is 10.9. The quantitative estimate of drug-likeness (QED) is 0.677. The summed E-state index contributed by atoms with van der Waals surface area (Å²) in [6.07, 6.45) is 5.33. The van der Waals surface area contributed by atoms with Gasteiger partial charge in [-0.15, -0.1) is 6.42 Å². The highest BCUT2D eigenvalue weighted by Crippen LogP contribution is 2.25. The van der Waals surface area contributed by atoms with E-state index in [1.165, 1.54) is 0 Å². The van der Waals surface area contributed by atoms with Crippen LogP contribution in [0.4, 0.5) is 0 Å². The van der Waals surface area contributed by atoms with Gasteiger partial charge in [-0.2, -0.15) is 0 Å². The van der Waals surface area contributed by atoms with E-state index in [2.05, 4.69) is 5.92 Å². The largest absolute Gasteiger partial charge is 0.475 e. The number of ether oxygens (including phenoxy) is 1. The summed E-state index contributed by atoms with van der Waals surface area (Å²) in [5.41, 5.74) is 0.402. The van der Waals surface area contributed by atoms with Crippen LogP contribution >= 0.6 is 11.6 Å². The van der Waals surface area contributed by atoms with Crippen molar-refractivity contribution in [3.63, 3.8) is 0 Å². The molecule has 1 nitrogen and oxygen atoms in total. The molecule has 1 aromatic carbocycles. The minimum absolute atomic E-state index is 0.585. The number of terminal acetylenes is 1. The van der Waals surface area contributed by atoms with Crippen LogP contribution in [-0.2, 0) is 0 Å². The van der Waals surface area contributed by atoms with E-state index in [4.69, 9.17) is 22.8 Å². The minimum atomic E-state index is -0.585. The summed E-state index contributed by atoms with van der Waals surface area (Å²) in [5, 5.41) is 0.702. The lowest BCUT2D eigenvalue weighted by molar-refractivity contribution is 0.171. The molecule has 74 valence electrons. The van der Waals surface area contributed by atoms with Gasteiger partial charge in [-0.3, -0.25) is 0 Å². The van der Waals surface area contributed by atoms with E-state index in [0.717, 1.165) is 11.3 Å². The summed E-state index contributed by atoms with van der Waals surface area (Å²) in [6, 6.07) is 5.47. The van der Waals surface area contributed by atoms with E-state index in [1.807, 2.05) is 32.9 Å². The van der Waals surface area contributed by atoms with Crippen molar-refractivity contribution in [1.82, 2.24) is 0 Å². The molecule has 0 radical (unpaired) electrons. The molecule has 14 heavy (non-hydrogen) atoms. The van der Waals surface area contributed by atoms with E-state index in [9.17, 15) is 0 Å². The average Bonchev–Trinajstić information content (AvgIpc) is 2.10. The molecule has 0 spiro atoms. The smallest absolute Gasteiger partial charge is 0.163 e. The number of rotatable bonds is 2. The van der Waals surface area contributed by atoms with Crippen LogP contribution in [0.1, 0.15) is 19.4 Å². The lowest BCUT2D eigenvalue weighted by Crippen LogP contribution is -2.25. The molecule has 0 atom stereocenters. The van der Waals surface area contributed by atoms with Crippen LogP contribution < -0.4 is 4.74 Å². The standard InChI is InChI=1S/C12H13ClO/c1-5-12(3,4)14-11-7-6-10(13)8-9(11)2/h1,6-8H,2-4H3. The highest BCUT2D eigenvalue weighted by Gasteiger charge is 2.16. The van der Waals surface area contributed by atoms with Gasteiger partial charge in [-0.1, -0.05) is 17.5 Å². The lowest BCUT2D eigenvalue weighted by Gasteiger charge is -2.21. The van der Waals surface area contributed by atoms with E-state index < -0.39 is 5.60 Å². The van der Waals surface area contributed by atoms with Crippen LogP contribution in [0.3, 0.4) is 0 Å². The Morgan fingerprint density at radius 3 is 2.57 bits per heavy atom. The van der Waals surface area contributed by atoms with Gasteiger partial charge in [-0.05, 0) is 44.5 Å². The van der Waals surface area contributed by atoms with E-state index in [-0.39, 0.29) is 0 Å². The van der Waals surface area contributed by atoms with Gasteiger partial charge < -0.3 is 4.74 Å². The maximum atomic E-state index is 5.83. The minimum Gasteiger partial charge on any atom is -0.475 e. The predicted molar refractivity (Wildman–Crippen MR) is 59.7 cm³/mol. The molecule has 0 saturated heterocycles. The van der Waals surface area contributed by atoms with Crippen molar-refractivity contribution in [1.29, 1.82) is 0 Å². The topological polar surface area (TPSA) is 9.23 Å². The Kier molecular flexibility index (Phi) is 3.08. The third kappa shape index (κ3) is 2.68. The molecule has 0 unspecified atom stereocenters. The Labute approximate surface area is 90.0 Å². The van der Waals surface area contributed by atoms with Crippen molar-refractivity contribution in [3.8, 4) is 18.1 Å². The molecule has 0 amide bonds. The number of hydrogen-bond acceptors (Lipinski definition) is 1. The number of aryl methyl sites for hydroxylation is 1. The number of benzene rings is 1. The van der Waals surface area contributed by atoms with Crippen LogP contribution in [0.25, 0.3) is 0 Å². The second-order valence-corrected chi connectivity index (χ2v) is 4.10. The molecule has 0 saturated carbocycles. The van der Waals surface area contributed by atoms with Crippen molar-refractivity contribution >= 4 is 11.6 Å². The van der Waals surface area contributed by atoms with E-state index in [1.54, 1.807) is 6.07 Å². The van der Waals surface area contributed by atoms with Crippen LogP contribution in [0.5, 0.6) is 5.75 Å². The first-order valence-electron chi connectivity index (χ1n) is 4.37. The van der Waals surface area contributed by atoms with Crippen LogP contribution in [0.15, 0.2) is 18.2 Å². The predicted octanol–water partition coefficient (Wildman–Crippen LogP) is 3.44. The Hall–Kier alpha value is -1.13. The normalized spacial score (nSPS) is 10.8. The SMILES string of the molecule is C#CC(C)(C)Oc1ccc(Cl)cc1C. The zero-order valence-electron chi connectivity index (χ0n) is 8.60. The van der Waals surface area contributed by atoms with Gasteiger partial charge in [0, 0.05) is 5.02 Å². The highest BCUT2D eigenvalue weighted by molar-refractivity contribution is 6.30. The van der Waals surface area contributed by atoms with Crippen molar-refractivity contribution in [2.45, 2.75) is 26.4 Å². The second-order valence-electron chi connectivity index (χ2n) is 3.67. The average molecular weight is 209 g/mol. The number of halogens is 1. The third-order valence-corrected chi connectivity index (χ3v) is 2.08. The van der Waals surface area contributed by atoms with Crippen LogP contribution in [0, 0.1) is 19.3 Å². The van der Waals surface area contributed by atoms with Gasteiger partial charge in [0.1, 0.15) is 5.75 Å². The van der Waals surface area contributed by atoms with Gasteiger partial charge >= 0.3 is 0 Å². The van der Waals surface area contributed by atoms with Crippen molar-refractivity contribution in [2.24, 2.45) is 0 Å². The van der Waals surface area contributed by atoms with Gasteiger partial charge in [0.05, 0.1) is 0 Å². The molecule has 0 bridgehead atoms. The van der Waals surface area contributed by atoms with Crippen LogP contribution in [0.2, 0.25) is 5.02 Å². The summed E-state index contributed by atoms with van der Waals surface area (Å²) < 4.78 is 5.64. The Morgan fingerprint density at radius 1 is 1.43 bits per heavy atom. The maximum Gasteiger partial charge on any atom is 0.163 e. The molecule has 0 N–H and O–H groups in total. The molecule has 0 aliphatic rings. The lowest BCUT2D eigenvalue weighted by atomic mass is 10.1. The van der Waals surface area contributed by atoms with Crippen molar-refractivity contribution < 1.29 is 4.74 Å². The van der Waals surface area contributed by atoms with Gasteiger partial charge in [0.2, 0.25) is 0 Å². The molecule has 0 heterocycles. The fraction of sp³-hybridized carbons (Fsp3) is 0.333. The van der Waals surface area contributed by atoms with Crippen molar-refractivity contribution in [3.05, 3.63) is 28.8 Å². The zero-order valence-corrected chi connectivity index (χ0v) is 9.35. The summed E-state index contributed by atoms with van der Waals surface area (Å²) in [4.78, 5) is 0. The summed E-state index contributed by atoms with van der Waals surface area (Å²) in [7, 11) is 0. The molecule has 0 aromatic heterocycles. The fourth-order valence-corrected chi connectivity index (χ4v) is 1.26. The second kappa shape index (κ2) is 3.94. The molecule has 2 heteroatoms. The fourth-order valence-electron chi connectivity index (χ4n) is 1.03. The zero-order chi connectivity index (χ0) is 10.8. The first-order chi connectivity index (χ1) is 6.44. The van der Waals surface area contributed by atoms with Crippen LogP contribution in [-0.4, -0.2) is 5.60 Å². The van der Waals surface area contributed by atoms with Gasteiger partial charge in [-0.25, -0.2) is 0 Å². The molecule has 0 fully saturated rings. The molecule has 0 aliphatic carbocycles. The first-order valence-corrected chi connectivity index (χ1v) is 4.75. The monoisotopic (exact) mass is 208 g/mol. The Balaban J connectivity index is 2.94. The summed E-state index contributed by atoms with van der Waals surface area (Å²) >= 11 is 5.83. The van der Waals surface area contributed by atoms with E-state index in [0.29, 0.717) is 5.02 Å². The maximum absolute atomic E-state index is 5.83. The third-order valence-electron chi connectivity index (χ3n) is 1.85.